The first-order chi connectivity index (χ1) is 8.60. The molecule has 0 aliphatic rings. The van der Waals surface area contributed by atoms with E-state index in [1.807, 2.05) is 12.3 Å². The third kappa shape index (κ3) is 2.80. The van der Waals surface area contributed by atoms with Crippen molar-refractivity contribution in [1.29, 1.82) is 0 Å². The summed E-state index contributed by atoms with van der Waals surface area (Å²) in [5.41, 5.74) is 1.44. The number of amides is 1. The molecule has 18 heavy (non-hydrogen) atoms. The predicted octanol–water partition coefficient (Wildman–Crippen LogP) is 3.37. The molecule has 0 atom stereocenters. The Morgan fingerprint density at radius 2 is 2.28 bits per heavy atom. The Labute approximate surface area is 114 Å². The molecule has 94 valence electrons. The van der Waals surface area contributed by atoms with Gasteiger partial charge < -0.3 is 10.1 Å². The Hall–Kier alpha value is -1.59. The van der Waals surface area contributed by atoms with E-state index in [0.29, 0.717) is 21.5 Å². The van der Waals surface area contributed by atoms with Gasteiger partial charge >= 0.3 is 0 Å². The third-order valence-corrected chi connectivity index (χ3v) is 3.48. The average molecular weight is 283 g/mol. The molecule has 1 aromatic heterocycles. The van der Waals surface area contributed by atoms with Crippen molar-refractivity contribution >= 4 is 34.5 Å². The van der Waals surface area contributed by atoms with Gasteiger partial charge in [0.25, 0.3) is 5.91 Å². The van der Waals surface area contributed by atoms with E-state index >= 15 is 0 Å². The highest BCUT2D eigenvalue weighted by Crippen LogP contribution is 2.27. The van der Waals surface area contributed by atoms with Gasteiger partial charge in [-0.2, -0.15) is 0 Å². The lowest BCUT2D eigenvalue weighted by Gasteiger charge is -2.06. The van der Waals surface area contributed by atoms with Gasteiger partial charge in [-0.1, -0.05) is 11.6 Å². The highest BCUT2D eigenvalue weighted by molar-refractivity contribution is 7.11. The molecule has 0 fully saturated rings. The lowest BCUT2D eigenvalue weighted by molar-refractivity contribution is 0.102. The van der Waals surface area contributed by atoms with Crippen LogP contribution in [0, 0.1) is 6.92 Å². The molecule has 1 amide bonds. The number of halogens is 1. The smallest absolute Gasteiger partial charge is 0.284 e. The molecular formula is C12H11ClN2O2S. The number of carbonyl (C=O) groups excluding carboxylic acids is 1. The number of aromatic nitrogens is 1. The molecule has 0 aliphatic carbocycles. The van der Waals surface area contributed by atoms with E-state index in [-0.39, 0.29) is 5.91 Å². The number of thiazole rings is 1. The van der Waals surface area contributed by atoms with Crippen LogP contribution in [0.3, 0.4) is 0 Å². The summed E-state index contributed by atoms with van der Waals surface area (Å²) < 4.78 is 5.04. The van der Waals surface area contributed by atoms with Crippen molar-refractivity contribution < 1.29 is 9.53 Å². The van der Waals surface area contributed by atoms with Gasteiger partial charge in [-0.15, -0.1) is 11.3 Å². The predicted molar refractivity (Wildman–Crippen MR) is 72.8 cm³/mol. The number of anilines is 1. The van der Waals surface area contributed by atoms with Crippen LogP contribution in [0.4, 0.5) is 5.69 Å². The van der Waals surface area contributed by atoms with Gasteiger partial charge in [0.1, 0.15) is 5.75 Å². The van der Waals surface area contributed by atoms with Crippen molar-refractivity contribution in [2.24, 2.45) is 0 Å². The fourth-order valence-corrected chi connectivity index (χ4v) is 2.33. The summed E-state index contributed by atoms with van der Waals surface area (Å²) in [7, 11) is 1.54. The summed E-state index contributed by atoms with van der Waals surface area (Å²) in [6, 6.07) is 5.06. The van der Waals surface area contributed by atoms with Crippen LogP contribution in [0.5, 0.6) is 5.75 Å². The Morgan fingerprint density at radius 3 is 2.83 bits per heavy atom. The van der Waals surface area contributed by atoms with Crippen molar-refractivity contribution in [2.45, 2.75) is 6.92 Å². The van der Waals surface area contributed by atoms with Crippen LogP contribution in [-0.4, -0.2) is 18.0 Å². The molecule has 1 heterocycles. The fourth-order valence-electron chi connectivity index (χ4n) is 1.39. The first-order valence-corrected chi connectivity index (χ1v) is 6.43. The molecule has 2 aromatic rings. The summed E-state index contributed by atoms with van der Waals surface area (Å²) in [6.45, 7) is 1.84. The van der Waals surface area contributed by atoms with E-state index in [9.17, 15) is 4.79 Å². The average Bonchev–Trinajstić information content (AvgIpc) is 2.76. The van der Waals surface area contributed by atoms with Crippen molar-refractivity contribution in [1.82, 2.24) is 4.98 Å². The lowest BCUT2D eigenvalue weighted by Crippen LogP contribution is -2.11. The van der Waals surface area contributed by atoms with Crippen molar-refractivity contribution in [3.8, 4) is 5.75 Å². The number of carbonyl (C=O) groups is 1. The zero-order valence-corrected chi connectivity index (χ0v) is 11.4. The number of hydrogen-bond donors (Lipinski definition) is 1. The quantitative estimate of drug-likeness (QED) is 0.939. The van der Waals surface area contributed by atoms with Crippen molar-refractivity contribution in [3.63, 3.8) is 0 Å². The molecule has 6 heteroatoms. The van der Waals surface area contributed by atoms with Crippen LogP contribution in [0.25, 0.3) is 0 Å². The second kappa shape index (κ2) is 5.37. The van der Waals surface area contributed by atoms with Crippen LogP contribution < -0.4 is 10.1 Å². The largest absolute Gasteiger partial charge is 0.495 e. The highest BCUT2D eigenvalue weighted by Gasteiger charge is 2.11. The molecule has 2 rings (SSSR count). The molecule has 0 unspecified atom stereocenters. The maximum Gasteiger partial charge on any atom is 0.284 e. The lowest BCUT2D eigenvalue weighted by atomic mass is 10.3. The van der Waals surface area contributed by atoms with Crippen LogP contribution in [-0.2, 0) is 0 Å². The van der Waals surface area contributed by atoms with Gasteiger partial charge in [-0.3, -0.25) is 4.79 Å². The van der Waals surface area contributed by atoms with Gasteiger partial charge in [0.15, 0.2) is 5.01 Å². The van der Waals surface area contributed by atoms with Gasteiger partial charge in [0.2, 0.25) is 0 Å². The van der Waals surface area contributed by atoms with Crippen LogP contribution in [0.1, 0.15) is 15.5 Å². The van der Waals surface area contributed by atoms with E-state index in [4.69, 9.17) is 16.3 Å². The Bertz CT molecular complexity index is 583. The molecule has 4 nitrogen and oxygen atoms in total. The highest BCUT2D eigenvalue weighted by atomic mass is 35.5. The van der Waals surface area contributed by atoms with Crippen LogP contribution in [0.15, 0.2) is 23.6 Å². The van der Waals surface area contributed by atoms with Crippen molar-refractivity contribution in [3.05, 3.63) is 39.3 Å². The maximum atomic E-state index is 11.9. The number of nitrogens with one attached hydrogen (secondary N) is 1. The molecule has 0 saturated carbocycles. The summed E-state index contributed by atoms with van der Waals surface area (Å²) in [5.74, 6) is 0.328. The number of aryl methyl sites for hydroxylation is 1. The molecule has 0 saturated heterocycles. The van der Waals surface area contributed by atoms with E-state index in [1.165, 1.54) is 18.4 Å². The number of nitrogens with zero attached hydrogens (tertiary/aromatic N) is 1. The molecule has 0 radical (unpaired) electrons. The number of rotatable bonds is 3. The zero-order valence-electron chi connectivity index (χ0n) is 9.86. The minimum absolute atomic E-state index is 0.241. The Morgan fingerprint density at radius 1 is 1.50 bits per heavy atom. The monoisotopic (exact) mass is 282 g/mol. The number of ether oxygens (including phenoxy) is 1. The normalized spacial score (nSPS) is 10.2. The summed E-state index contributed by atoms with van der Waals surface area (Å²) in [4.78, 5) is 16.0. The topological polar surface area (TPSA) is 51.2 Å². The van der Waals surface area contributed by atoms with Gasteiger partial charge in [-0.05, 0) is 25.1 Å². The molecule has 0 aliphatic heterocycles. The summed E-state index contributed by atoms with van der Waals surface area (Å²) >= 11 is 7.28. The molecule has 0 bridgehead atoms. The third-order valence-electron chi connectivity index (χ3n) is 2.22. The molecule has 1 N–H and O–H groups in total. The molecule has 1 aromatic carbocycles. The first-order valence-electron chi connectivity index (χ1n) is 5.17. The minimum atomic E-state index is -0.241. The van der Waals surface area contributed by atoms with Gasteiger partial charge in [0.05, 0.1) is 12.1 Å². The van der Waals surface area contributed by atoms with Crippen LogP contribution in [0.2, 0.25) is 5.02 Å². The fraction of sp³-hybridized carbons (Fsp3) is 0.167. The first kappa shape index (κ1) is 12.9. The molecular weight excluding hydrogens is 272 g/mol. The zero-order chi connectivity index (χ0) is 13.1. The van der Waals surface area contributed by atoms with E-state index in [1.54, 1.807) is 18.2 Å². The van der Waals surface area contributed by atoms with E-state index in [2.05, 4.69) is 10.3 Å². The minimum Gasteiger partial charge on any atom is -0.495 e. The number of hydrogen-bond acceptors (Lipinski definition) is 4. The van der Waals surface area contributed by atoms with Gasteiger partial charge in [-0.25, -0.2) is 4.98 Å². The van der Waals surface area contributed by atoms with E-state index in [0.717, 1.165) is 5.69 Å². The maximum absolute atomic E-state index is 11.9. The number of methoxy groups -OCH3 is 1. The van der Waals surface area contributed by atoms with E-state index < -0.39 is 0 Å². The summed E-state index contributed by atoms with van der Waals surface area (Å²) in [6.07, 6.45) is 0. The van der Waals surface area contributed by atoms with Gasteiger partial charge in [0, 0.05) is 16.8 Å². The van der Waals surface area contributed by atoms with Crippen LogP contribution >= 0.6 is 22.9 Å². The summed E-state index contributed by atoms with van der Waals surface area (Å²) in [5, 5.41) is 5.44. The van der Waals surface area contributed by atoms with Crippen molar-refractivity contribution in [2.75, 3.05) is 12.4 Å². The second-order valence-electron chi connectivity index (χ2n) is 3.60. The SMILES string of the molecule is COc1ccc(NC(=O)c2nc(C)cs2)cc1Cl. The Balaban J connectivity index is 2.14. The standard InChI is InChI=1S/C12H11ClN2O2S/c1-7-6-18-12(14-7)11(16)15-8-3-4-10(17-2)9(13)5-8/h3-6H,1-2H3,(H,15,16). The molecule has 0 spiro atoms. The second-order valence-corrected chi connectivity index (χ2v) is 4.86. The Kier molecular flexibility index (Phi) is 3.84. The number of benzene rings is 1.